The number of aromatic nitrogens is 2. The summed E-state index contributed by atoms with van der Waals surface area (Å²) >= 11 is 0. The second-order valence-electron chi connectivity index (χ2n) is 4.53. The van der Waals surface area contributed by atoms with Crippen molar-refractivity contribution in [2.24, 2.45) is 0 Å². The van der Waals surface area contributed by atoms with Gasteiger partial charge in [-0.1, -0.05) is 6.07 Å². The first-order valence-electron chi connectivity index (χ1n) is 5.88. The van der Waals surface area contributed by atoms with Crippen LogP contribution >= 0.6 is 0 Å². The summed E-state index contributed by atoms with van der Waals surface area (Å²) in [5.41, 5.74) is 5.84. The molecule has 0 atom stereocenters. The zero-order valence-electron chi connectivity index (χ0n) is 9.60. The zero-order chi connectivity index (χ0) is 11.4. The maximum Gasteiger partial charge on any atom is 0.137 e. The Hall–Kier alpha value is -2.03. The van der Waals surface area contributed by atoms with Crippen molar-refractivity contribution in [3.05, 3.63) is 47.7 Å². The molecule has 84 valence electrons. The summed E-state index contributed by atoms with van der Waals surface area (Å²) in [5, 5.41) is 0. The Bertz CT molecular complexity index is 721. The van der Waals surface area contributed by atoms with Crippen LogP contribution in [0, 0.1) is 6.92 Å². The standard InChI is InChI=1S/C14H12N2O/c1-9-3-2-4-13-15-14-10-7-8-17-12(10)6-5-11(14)16(9)13/h2-4,7-8H,5-6H2,1H3. The van der Waals surface area contributed by atoms with E-state index in [4.69, 9.17) is 9.40 Å². The van der Waals surface area contributed by atoms with Gasteiger partial charge in [-0.05, 0) is 31.5 Å². The second-order valence-corrected chi connectivity index (χ2v) is 4.53. The predicted octanol–water partition coefficient (Wildman–Crippen LogP) is 3.00. The summed E-state index contributed by atoms with van der Waals surface area (Å²) in [6.07, 6.45) is 3.73. The largest absolute Gasteiger partial charge is 0.469 e. The Labute approximate surface area is 98.7 Å². The zero-order valence-corrected chi connectivity index (χ0v) is 9.60. The summed E-state index contributed by atoms with van der Waals surface area (Å²) in [6, 6.07) is 8.26. The Morgan fingerprint density at radius 3 is 3.12 bits per heavy atom. The number of hydrogen-bond donors (Lipinski definition) is 0. The number of aryl methyl sites for hydroxylation is 3. The molecule has 0 saturated heterocycles. The second kappa shape index (κ2) is 3.00. The third-order valence-electron chi connectivity index (χ3n) is 3.52. The van der Waals surface area contributed by atoms with Crippen LogP contribution in [0.25, 0.3) is 16.9 Å². The molecule has 0 fully saturated rings. The van der Waals surface area contributed by atoms with E-state index in [1.165, 1.54) is 11.4 Å². The highest BCUT2D eigenvalue weighted by Gasteiger charge is 2.23. The normalized spacial score (nSPS) is 13.7. The average Bonchev–Trinajstić information content (AvgIpc) is 2.91. The molecule has 0 aliphatic heterocycles. The van der Waals surface area contributed by atoms with Crippen molar-refractivity contribution in [3.63, 3.8) is 0 Å². The molecule has 0 N–H and O–H groups in total. The number of rotatable bonds is 0. The molecule has 0 unspecified atom stereocenters. The van der Waals surface area contributed by atoms with Crippen molar-refractivity contribution >= 4 is 5.65 Å². The van der Waals surface area contributed by atoms with Gasteiger partial charge in [-0.3, -0.25) is 0 Å². The lowest BCUT2D eigenvalue weighted by molar-refractivity contribution is 0.505. The van der Waals surface area contributed by atoms with Gasteiger partial charge in [0, 0.05) is 17.7 Å². The topological polar surface area (TPSA) is 30.4 Å². The van der Waals surface area contributed by atoms with Crippen LogP contribution in [0.15, 0.2) is 34.9 Å². The first-order valence-corrected chi connectivity index (χ1v) is 5.88. The lowest BCUT2D eigenvalue weighted by Gasteiger charge is -2.11. The highest BCUT2D eigenvalue weighted by atomic mass is 16.3. The fraction of sp³-hybridized carbons (Fsp3) is 0.214. The lowest BCUT2D eigenvalue weighted by Crippen LogP contribution is -2.04. The third-order valence-corrected chi connectivity index (χ3v) is 3.52. The van der Waals surface area contributed by atoms with E-state index in [2.05, 4.69) is 29.5 Å². The van der Waals surface area contributed by atoms with Crippen molar-refractivity contribution in [1.29, 1.82) is 0 Å². The lowest BCUT2D eigenvalue weighted by atomic mass is 9.99. The molecular formula is C14H12N2O. The van der Waals surface area contributed by atoms with Crippen LogP contribution in [0.4, 0.5) is 0 Å². The summed E-state index contributed by atoms with van der Waals surface area (Å²) in [4.78, 5) is 4.73. The average molecular weight is 224 g/mol. The van der Waals surface area contributed by atoms with Gasteiger partial charge in [0.25, 0.3) is 0 Å². The van der Waals surface area contributed by atoms with E-state index >= 15 is 0 Å². The molecule has 0 bridgehead atoms. The van der Waals surface area contributed by atoms with Gasteiger partial charge in [-0.15, -0.1) is 0 Å². The van der Waals surface area contributed by atoms with Crippen LogP contribution in [0.3, 0.4) is 0 Å². The molecule has 0 radical (unpaired) electrons. The van der Waals surface area contributed by atoms with Crippen molar-refractivity contribution in [3.8, 4) is 11.3 Å². The summed E-state index contributed by atoms with van der Waals surface area (Å²) in [7, 11) is 0. The highest BCUT2D eigenvalue weighted by molar-refractivity contribution is 5.70. The Morgan fingerprint density at radius 2 is 2.18 bits per heavy atom. The third kappa shape index (κ3) is 1.08. The molecule has 3 aromatic heterocycles. The molecule has 4 rings (SSSR count). The van der Waals surface area contributed by atoms with Crippen molar-refractivity contribution in [2.45, 2.75) is 19.8 Å². The molecule has 1 aliphatic rings. The maximum atomic E-state index is 5.49. The summed E-state index contributed by atoms with van der Waals surface area (Å²) < 4.78 is 7.75. The minimum absolute atomic E-state index is 0.970. The number of pyridine rings is 1. The van der Waals surface area contributed by atoms with Gasteiger partial charge in [0.1, 0.15) is 11.4 Å². The number of fused-ring (bicyclic) bond motifs is 5. The quantitative estimate of drug-likeness (QED) is 0.587. The highest BCUT2D eigenvalue weighted by Crippen LogP contribution is 2.34. The summed E-state index contributed by atoms with van der Waals surface area (Å²) in [5.74, 6) is 1.07. The monoisotopic (exact) mass is 224 g/mol. The maximum absolute atomic E-state index is 5.49. The Morgan fingerprint density at radius 1 is 1.24 bits per heavy atom. The van der Waals surface area contributed by atoms with Gasteiger partial charge in [-0.2, -0.15) is 0 Å². The first kappa shape index (κ1) is 9.05. The smallest absolute Gasteiger partial charge is 0.137 e. The minimum atomic E-state index is 0.970. The molecule has 3 heterocycles. The molecule has 3 nitrogen and oxygen atoms in total. The van der Waals surface area contributed by atoms with Crippen molar-refractivity contribution in [2.75, 3.05) is 0 Å². The molecule has 0 saturated carbocycles. The minimum Gasteiger partial charge on any atom is -0.469 e. The van der Waals surface area contributed by atoms with E-state index in [-0.39, 0.29) is 0 Å². The fourth-order valence-corrected chi connectivity index (χ4v) is 2.75. The van der Waals surface area contributed by atoms with E-state index in [0.29, 0.717) is 0 Å². The van der Waals surface area contributed by atoms with E-state index < -0.39 is 0 Å². The van der Waals surface area contributed by atoms with Gasteiger partial charge in [-0.25, -0.2) is 4.98 Å². The molecule has 1 aliphatic carbocycles. The van der Waals surface area contributed by atoms with E-state index in [1.807, 2.05) is 6.07 Å². The van der Waals surface area contributed by atoms with Crippen LogP contribution in [-0.4, -0.2) is 9.38 Å². The van der Waals surface area contributed by atoms with Crippen LogP contribution in [0.1, 0.15) is 17.1 Å². The number of nitrogens with zero attached hydrogens (tertiary/aromatic N) is 2. The van der Waals surface area contributed by atoms with Crippen LogP contribution in [0.5, 0.6) is 0 Å². The van der Waals surface area contributed by atoms with Crippen LogP contribution in [0.2, 0.25) is 0 Å². The number of hydrogen-bond acceptors (Lipinski definition) is 2. The number of imidazole rings is 1. The Balaban J connectivity index is 2.14. The molecular weight excluding hydrogens is 212 g/mol. The molecule has 3 aromatic rings. The van der Waals surface area contributed by atoms with Gasteiger partial charge < -0.3 is 8.82 Å². The fourth-order valence-electron chi connectivity index (χ4n) is 2.75. The van der Waals surface area contributed by atoms with Crippen LogP contribution < -0.4 is 0 Å². The van der Waals surface area contributed by atoms with Crippen LogP contribution in [-0.2, 0) is 12.8 Å². The molecule has 0 aromatic carbocycles. The molecule has 0 spiro atoms. The van der Waals surface area contributed by atoms with Gasteiger partial charge in [0.15, 0.2) is 0 Å². The first-order chi connectivity index (χ1) is 8.34. The van der Waals surface area contributed by atoms with E-state index in [0.717, 1.165) is 35.5 Å². The summed E-state index contributed by atoms with van der Waals surface area (Å²) in [6.45, 7) is 2.12. The van der Waals surface area contributed by atoms with Gasteiger partial charge in [0.2, 0.25) is 0 Å². The Kier molecular flexibility index (Phi) is 1.60. The SMILES string of the molecule is Cc1cccc2nc3c(n12)CCc1occc1-3. The van der Waals surface area contributed by atoms with Crippen molar-refractivity contribution in [1.82, 2.24) is 9.38 Å². The molecule has 3 heteroatoms. The number of furan rings is 1. The van der Waals surface area contributed by atoms with Gasteiger partial charge >= 0.3 is 0 Å². The van der Waals surface area contributed by atoms with E-state index in [9.17, 15) is 0 Å². The van der Waals surface area contributed by atoms with Crippen molar-refractivity contribution < 1.29 is 4.42 Å². The molecule has 17 heavy (non-hydrogen) atoms. The molecule has 0 amide bonds. The predicted molar refractivity (Wildman–Crippen MR) is 65.0 cm³/mol. The van der Waals surface area contributed by atoms with E-state index in [1.54, 1.807) is 6.26 Å². The van der Waals surface area contributed by atoms with Gasteiger partial charge in [0.05, 0.1) is 17.7 Å².